The van der Waals surface area contributed by atoms with E-state index in [-0.39, 0.29) is 17.2 Å². The largest absolute Gasteiger partial charge is 0.452 e. The predicted octanol–water partition coefficient (Wildman–Crippen LogP) is 4.40. The molecule has 0 aliphatic heterocycles. The van der Waals surface area contributed by atoms with Crippen LogP contribution in [0.15, 0.2) is 78.9 Å². The number of rotatable bonds is 9. The maximum Gasteiger partial charge on any atom is 0.345 e. The molecule has 0 aliphatic carbocycles. The molecule has 0 bridgehead atoms. The van der Waals surface area contributed by atoms with Gasteiger partial charge in [-0.25, -0.2) is 4.79 Å². The van der Waals surface area contributed by atoms with Crippen LogP contribution < -0.4 is 5.32 Å². The Morgan fingerprint density at radius 2 is 1.53 bits per heavy atom. The van der Waals surface area contributed by atoms with Crippen LogP contribution in [0.25, 0.3) is 0 Å². The van der Waals surface area contributed by atoms with E-state index in [1.807, 2.05) is 36.4 Å². The van der Waals surface area contributed by atoms with Crippen LogP contribution in [0, 0.1) is 17.0 Å². The summed E-state index contributed by atoms with van der Waals surface area (Å²) in [4.78, 5) is 35.1. The minimum absolute atomic E-state index is 0.106. The Morgan fingerprint density at radius 3 is 2.09 bits per heavy atom. The molecular weight excluding hydrogens is 408 g/mol. The van der Waals surface area contributed by atoms with Crippen LogP contribution in [0.2, 0.25) is 0 Å². The highest BCUT2D eigenvalue weighted by molar-refractivity contribution is 5.96. The minimum atomic E-state index is -0.892. The second kappa shape index (κ2) is 10.9. The van der Waals surface area contributed by atoms with E-state index in [2.05, 4.69) is 29.6 Å². The van der Waals surface area contributed by atoms with Crippen LogP contribution in [-0.4, -0.2) is 30.0 Å². The summed E-state index contributed by atoms with van der Waals surface area (Å²) in [5.74, 6) is -1.25. The van der Waals surface area contributed by atoms with Gasteiger partial charge in [0.2, 0.25) is 0 Å². The number of nitrogens with zero attached hydrogens (tertiary/aromatic N) is 1. The van der Waals surface area contributed by atoms with E-state index < -0.39 is 23.4 Å². The van der Waals surface area contributed by atoms with Gasteiger partial charge in [0, 0.05) is 18.5 Å². The number of aryl methyl sites for hydroxylation is 1. The van der Waals surface area contributed by atoms with Gasteiger partial charge in [-0.1, -0.05) is 72.8 Å². The number of benzene rings is 3. The molecule has 3 aromatic rings. The Bertz CT molecular complexity index is 1040. The zero-order chi connectivity index (χ0) is 22.9. The molecule has 0 atom stereocenters. The third kappa shape index (κ3) is 5.78. The second-order valence-electron chi connectivity index (χ2n) is 7.31. The fourth-order valence-electron chi connectivity index (χ4n) is 3.58. The quantitative estimate of drug-likeness (QED) is 0.307. The van der Waals surface area contributed by atoms with Gasteiger partial charge in [0.1, 0.15) is 5.56 Å². The first-order valence-corrected chi connectivity index (χ1v) is 10.2. The summed E-state index contributed by atoms with van der Waals surface area (Å²) < 4.78 is 5.03. The molecular formula is C25H24N2O5. The van der Waals surface area contributed by atoms with Crippen molar-refractivity contribution in [2.45, 2.75) is 19.3 Å². The van der Waals surface area contributed by atoms with Crippen LogP contribution in [-0.2, 0) is 9.53 Å². The fraction of sp³-hybridized carbons (Fsp3) is 0.200. The molecule has 32 heavy (non-hydrogen) atoms. The van der Waals surface area contributed by atoms with Gasteiger partial charge in [-0.15, -0.1) is 0 Å². The number of carbonyl (C=O) groups excluding carboxylic acids is 2. The maximum absolute atomic E-state index is 12.3. The van der Waals surface area contributed by atoms with Crippen molar-refractivity contribution in [1.82, 2.24) is 5.32 Å². The lowest BCUT2D eigenvalue weighted by molar-refractivity contribution is -0.385. The Hall–Kier alpha value is -4.00. The number of hydrogen-bond acceptors (Lipinski definition) is 5. The number of ether oxygens (including phenoxy) is 1. The van der Waals surface area contributed by atoms with E-state index in [9.17, 15) is 19.7 Å². The lowest BCUT2D eigenvalue weighted by Gasteiger charge is -2.18. The van der Waals surface area contributed by atoms with E-state index in [0.29, 0.717) is 18.5 Å². The molecule has 0 fully saturated rings. The van der Waals surface area contributed by atoms with E-state index >= 15 is 0 Å². The van der Waals surface area contributed by atoms with Gasteiger partial charge < -0.3 is 10.1 Å². The molecule has 1 amide bonds. The van der Waals surface area contributed by atoms with Crippen molar-refractivity contribution in [2.75, 3.05) is 13.2 Å². The van der Waals surface area contributed by atoms with Crippen LogP contribution in [0.5, 0.6) is 0 Å². The Labute approximate surface area is 186 Å². The molecule has 0 saturated heterocycles. The molecule has 164 valence electrons. The molecule has 0 radical (unpaired) electrons. The first-order valence-electron chi connectivity index (χ1n) is 10.2. The Kier molecular flexibility index (Phi) is 7.70. The summed E-state index contributed by atoms with van der Waals surface area (Å²) in [5, 5.41) is 13.9. The first-order chi connectivity index (χ1) is 15.5. The third-order valence-corrected chi connectivity index (χ3v) is 5.15. The summed E-state index contributed by atoms with van der Waals surface area (Å²) in [5.41, 5.74) is 2.22. The van der Waals surface area contributed by atoms with Crippen LogP contribution in [0.1, 0.15) is 39.4 Å². The first kappa shape index (κ1) is 22.7. The molecule has 0 aromatic heterocycles. The average molecular weight is 432 g/mol. The van der Waals surface area contributed by atoms with Crippen LogP contribution in [0.3, 0.4) is 0 Å². The minimum Gasteiger partial charge on any atom is -0.452 e. The zero-order valence-corrected chi connectivity index (χ0v) is 17.7. The van der Waals surface area contributed by atoms with Crippen molar-refractivity contribution in [2.24, 2.45) is 0 Å². The van der Waals surface area contributed by atoms with Crippen LogP contribution >= 0.6 is 0 Å². The molecule has 0 unspecified atom stereocenters. The molecule has 1 N–H and O–H groups in total. The standard InChI is InChI=1S/C25H24N2O5/c1-18-9-8-14-22(27(30)31)24(18)25(29)32-17-23(28)26-16-15-21(19-10-4-2-5-11-19)20-12-6-3-7-13-20/h2-14,21H,15-17H2,1H3,(H,26,28). The van der Waals surface area contributed by atoms with Gasteiger partial charge in [0.15, 0.2) is 6.61 Å². The summed E-state index contributed by atoms with van der Waals surface area (Å²) in [7, 11) is 0. The highest BCUT2D eigenvalue weighted by Gasteiger charge is 2.24. The summed E-state index contributed by atoms with van der Waals surface area (Å²) >= 11 is 0. The monoisotopic (exact) mass is 432 g/mol. The highest BCUT2D eigenvalue weighted by atomic mass is 16.6. The second-order valence-corrected chi connectivity index (χ2v) is 7.31. The normalized spacial score (nSPS) is 10.6. The number of nitro benzene ring substituents is 1. The Balaban J connectivity index is 1.57. The van der Waals surface area contributed by atoms with Crippen molar-refractivity contribution < 1.29 is 19.2 Å². The lowest BCUT2D eigenvalue weighted by Crippen LogP contribution is -2.30. The van der Waals surface area contributed by atoms with Gasteiger partial charge >= 0.3 is 5.97 Å². The number of amides is 1. The highest BCUT2D eigenvalue weighted by Crippen LogP contribution is 2.27. The SMILES string of the molecule is Cc1cccc([N+](=O)[O-])c1C(=O)OCC(=O)NCCC(c1ccccc1)c1ccccc1. The van der Waals surface area contributed by atoms with E-state index in [1.54, 1.807) is 13.0 Å². The van der Waals surface area contributed by atoms with Crippen molar-refractivity contribution in [1.29, 1.82) is 0 Å². The van der Waals surface area contributed by atoms with Crippen molar-refractivity contribution in [3.63, 3.8) is 0 Å². The average Bonchev–Trinajstić information content (AvgIpc) is 2.81. The molecule has 7 heteroatoms. The molecule has 0 aliphatic rings. The molecule has 0 spiro atoms. The van der Waals surface area contributed by atoms with Gasteiger partial charge in [0.05, 0.1) is 4.92 Å². The number of hydrogen-bond donors (Lipinski definition) is 1. The van der Waals surface area contributed by atoms with E-state index in [0.717, 1.165) is 11.1 Å². The maximum atomic E-state index is 12.3. The van der Waals surface area contributed by atoms with E-state index in [4.69, 9.17) is 4.74 Å². The molecule has 0 heterocycles. The molecule has 3 rings (SSSR count). The smallest absolute Gasteiger partial charge is 0.345 e. The van der Waals surface area contributed by atoms with E-state index in [1.165, 1.54) is 12.1 Å². The predicted molar refractivity (Wildman–Crippen MR) is 120 cm³/mol. The molecule has 3 aromatic carbocycles. The number of nitro groups is 1. The van der Waals surface area contributed by atoms with Crippen molar-refractivity contribution in [3.05, 3.63) is 111 Å². The van der Waals surface area contributed by atoms with Gasteiger partial charge in [-0.3, -0.25) is 14.9 Å². The molecule has 7 nitrogen and oxygen atoms in total. The number of esters is 1. The topological polar surface area (TPSA) is 98.5 Å². The van der Waals surface area contributed by atoms with Crippen LogP contribution in [0.4, 0.5) is 5.69 Å². The van der Waals surface area contributed by atoms with Crippen molar-refractivity contribution in [3.8, 4) is 0 Å². The van der Waals surface area contributed by atoms with Gasteiger partial charge in [-0.05, 0) is 30.0 Å². The third-order valence-electron chi connectivity index (χ3n) is 5.15. The fourth-order valence-corrected chi connectivity index (χ4v) is 3.58. The lowest BCUT2D eigenvalue weighted by atomic mass is 9.88. The van der Waals surface area contributed by atoms with Gasteiger partial charge in [-0.2, -0.15) is 0 Å². The summed E-state index contributed by atoms with van der Waals surface area (Å²) in [6, 6.07) is 24.4. The molecule has 0 saturated carbocycles. The number of carbonyl (C=O) groups is 2. The Morgan fingerprint density at radius 1 is 0.938 bits per heavy atom. The van der Waals surface area contributed by atoms with Crippen molar-refractivity contribution >= 4 is 17.6 Å². The number of nitrogens with one attached hydrogen (secondary N) is 1. The van der Waals surface area contributed by atoms with Gasteiger partial charge in [0.25, 0.3) is 11.6 Å². The summed E-state index contributed by atoms with van der Waals surface area (Å²) in [6.45, 7) is 1.46. The zero-order valence-electron chi connectivity index (χ0n) is 17.7. The summed E-state index contributed by atoms with van der Waals surface area (Å²) in [6.07, 6.45) is 0.664.